The van der Waals surface area contributed by atoms with Gasteiger partial charge < -0.3 is 8.98 Å². The fraction of sp³-hybridized carbons (Fsp3) is 0.0625. The Balaban J connectivity index is 0.934. The van der Waals surface area contributed by atoms with Crippen molar-refractivity contribution in [2.75, 3.05) is 0 Å². The van der Waals surface area contributed by atoms with Crippen LogP contribution in [0.4, 0.5) is 0 Å². The molecule has 0 amide bonds. The maximum absolute atomic E-state index is 6.95. The van der Waals surface area contributed by atoms with E-state index in [1.807, 2.05) is 0 Å². The van der Waals surface area contributed by atoms with Crippen molar-refractivity contribution in [1.29, 1.82) is 0 Å². The number of benzene rings is 8. The molecule has 0 N–H and O–H groups in total. The van der Waals surface area contributed by atoms with E-state index in [0.717, 1.165) is 16.6 Å². The van der Waals surface area contributed by atoms with Gasteiger partial charge in [0.2, 0.25) is 0 Å². The summed E-state index contributed by atoms with van der Waals surface area (Å²) < 4.78 is 9.35. The number of hydrogen-bond acceptors (Lipinski definition) is 1. The normalized spacial score (nSPS) is 19.5. The molecule has 4 aliphatic rings. The average Bonchev–Trinajstić information content (AvgIpc) is 3.93. The molecule has 66 heavy (non-hydrogen) atoms. The van der Waals surface area contributed by atoms with Crippen molar-refractivity contribution in [2.24, 2.45) is 17.8 Å². The van der Waals surface area contributed by atoms with Crippen LogP contribution in [0.1, 0.15) is 39.3 Å². The average molecular weight is 842 g/mol. The van der Waals surface area contributed by atoms with Crippen LogP contribution in [0.5, 0.6) is 0 Å². The molecule has 0 aliphatic heterocycles. The maximum atomic E-state index is 6.95. The van der Waals surface area contributed by atoms with Crippen LogP contribution in [0.25, 0.3) is 66.2 Å². The maximum Gasteiger partial charge on any atom is 0.136 e. The van der Waals surface area contributed by atoms with Gasteiger partial charge in [-0.05, 0) is 115 Å². The molecule has 0 radical (unpaired) electrons. The molecule has 2 nitrogen and oxygen atoms in total. The van der Waals surface area contributed by atoms with Crippen molar-refractivity contribution >= 4 is 60.5 Å². The molecule has 0 bridgehead atoms. The molecule has 14 rings (SSSR count). The number of fused-ring (bicyclic) bond motifs is 10. The number of furan rings is 1. The highest BCUT2D eigenvalue weighted by Gasteiger charge is 2.37. The summed E-state index contributed by atoms with van der Waals surface area (Å²) in [4.78, 5) is 0. The summed E-state index contributed by atoms with van der Waals surface area (Å²) in [6.45, 7) is 0. The molecule has 2 heterocycles. The predicted octanol–water partition coefficient (Wildman–Crippen LogP) is 14.1. The van der Waals surface area contributed by atoms with Crippen molar-refractivity contribution in [3.63, 3.8) is 0 Å². The van der Waals surface area contributed by atoms with Gasteiger partial charge in [0.05, 0.1) is 11.0 Å². The lowest BCUT2D eigenvalue weighted by atomic mass is 9.66. The number of para-hydroxylation sites is 2. The van der Waals surface area contributed by atoms with E-state index >= 15 is 0 Å². The van der Waals surface area contributed by atoms with Crippen LogP contribution in [-0.2, 0) is 0 Å². The minimum absolute atomic E-state index is 0.143. The Hall–Kier alpha value is -8.20. The summed E-state index contributed by atoms with van der Waals surface area (Å²) in [5.41, 5.74) is 18.5. The van der Waals surface area contributed by atoms with Crippen molar-refractivity contribution in [3.05, 3.63) is 286 Å². The Morgan fingerprint density at radius 2 is 1.11 bits per heavy atom. The first-order valence-corrected chi connectivity index (χ1v) is 23.3. The summed E-state index contributed by atoms with van der Waals surface area (Å²) in [5.74, 6) is 0.695. The summed E-state index contributed by atoms with van der Waals surface area (Å²) in [6.07, 6.45) is 18.5. The van der Waals surface area contributed by atoms with E-state index < -0.39 is 0 Å². The Kier molecular flexibility index (Phi) is 8.27. The zero-order valence-corrected chi connectivity index (χ0v) is 36.2. The molecule has 0 fully saturated rings. The summed E-state index contributed by atoms with van der Waals surface area (Å²) >= 11 is 0. The summed E-state index contributed by atoms with van der Waals surface area (Å²) in [7, 11) is 0. The van der Waals surface area contributed by atoms with Crippen LogP contribution in [0.2, 0.25) is 0 Å². The standard InChI is InChI=1S/C64H43NO/c1-3-18-40(19-4-1)60-49-27-11-13-29-51(49)63(52-30-14-12-28-50(52)60)54-31-17-33-58-64(54)53-36-34-42(39-59(53)66-58)62-47-25-9-7-23-45(47)61(46-24-8-10-26-48(46)62)41-35-37-57-55(38-41)44-22-15-16-32-56(44)65(57)43-20-5-2-6-21-43/h1-39,45,49,51,61H. The molecule has 0 spiro atoms. The van der Waals surface area contributed by atoms with E-state index in [1.165, 1.54) is 99.0 Å². The third-order valence-electron chi connectivity index (χ3n) is 14.8. The first-order valence-electron chi connectivity index (χ1n) is 23.3. The first kappa shape index (κ1) is 37.2. The van der Waals surface area contributed by atoms with Crippen LogP contribution in [-0.4, -0.2) is 4.57 Å². The Morgan fingerprint density at radius 1 is 0.424 bits per heavy atom. The van der Waals surface area contributed by atoms with Gasteiger partial charge in [-0.1, -0.05) is 188 Å². The van der Waals surface area contributed by atoms with Gasteiger partial charge in [0, 0.05) is 50.9 Å². The number of rotatable bonds is 5. The van der Waals surface area contributed by atoms with Gasteiger partial charge in [-0.2, -0.15) is 0 Å². The lowest BCUT2D eigenvalue weighted by Crippen LogP contribution is -2.40. The van der Waals surface area contributed by atoms with Crippen LogP contribution >= 0.6 is 0 Å². The molecule has 310 valence electrons. The lowest BCUT2D eigenvalue weighted by Gasteiger charge is -2.37. The van der Waals surface area contributed by atoms with Crippen molar-refractivity contribution in [2.45, 2.75) is 5.92 Å². The van der Waals surface area contributed by atoms with Gasteiger partial charge in [0.25, 0.3) is 0 Å². The molecule has 0 saturated carbocycles. The van der Waals surface area contributed by atoms with Crippen molar-refractivity contribution in [1.82, 2.24) is 4.57 Å². The largest absolute Gasteiger partial charge is 0.456 e. The monoisotopic (exact) mass is 841 g/mol. The molecule has 8 aromatic carbocycles. The van der Waals surface area contributed by atoms with E-state index in [-0.39, 0.29) is 23.7 Å². The molecule has 2 aromatic heterocycles. The highest BCUT2D eigenvalue weighted by molar-refractivity contribution is 6.12. The van der Waals surface area contributed by atoms with Gasteiger partial charge in [0.1, 0.15) is 11.2 Å². The van der Waals surface area contributed by atoms with Crippen molar-refractivity contribution in [3.8, 4) is 5.69 Å². The fourth-order valence-electron chi connectivity index (χ4n) is 12.2. The Bertz CT molecular complexity index is 3940. The Morgan fingerprint density at radius 3 is 1.97 bits per heavy atom. The van der Waals surface area contributed by atoms with Gasteiger partial charge in [-0.25, -0.2) is 0 Å². The summed E-state index contributed by atoms with van der Waals surface area (Å²) in [6, 6.07) is 69.4. The van der Waals surface area contributed by atoms with Crippen LogP contribution in [0.15, 0.2) is 247 Å². The zero-order valence-electron chi connectivity index (χ0n) is 36.2. The van der Waals surface area contributed by atoms with Gasteiger partial charge in [-0.15, -0.1) is 0 Å². The second kappa shape index (κ2) is 14.7. The van der Waals surface area contributed by atoms with E-state index in [2.05, 4.69) is 241 Å². The molecule has 4 aliphatic carbocycles. The minimum atomic E-state index is 0.143. The fourth-order valence-corrected chi connectivity index (χ4v) is 12.2. The highest BCUT2D eigenvalue weighted by Crippen LogP contribution is 2.52. The lowest BCUT2D eigenvalue weighted by molar-refractivity contribution is 0.649. The van der Waals surface area contributed by atoms with Crippen LogP contribution in [0, 0.1) is 17.8 Å². The third-order valence-corrected chi connectivity index (χ3v) is 14.8. The number of hydrogen-bond donors (Lipinski definition) is 0. The second-order valence-corrected chi connectivity index (χ2v) is 18.2. The number of nitrogens with zero attached hydrogens (tertiary/aromatic N) is 1. The van der Waals surface area contributed by atoms with E-state index in [4.69, 9.17) is 4.42 Å². The highest BCUT2D eigenvalue weighted by atomic mass is 16.3. The van der Waals surface area contributed by atoms with Crippen LogP contribution in [0.3, 0.4) is 0 Å². The predicted molar refractivity (Wildman–Crippen MR) is 273 cm³/mol. The van der Waals surface area contributed by atoms with Gasteiger partial charge >= 0.3 is 0 Å². The molecule has 4 unspecified atom stereocenters. The quantitative estimate of drug-likeness (QED) is 0.169. The molecule has 10 aromatic rings. The van der Waals surface area contributed by atoms with Gasteiger partial charge in [0.15, 0.2) is 0 Å². The molecule has 4 atom stereocenters. The number of aromatic nitrogens is 1. The second-order valence-electron chi connectivity index (χ2n) is 18.2. The van der Waals surface area contributed by atoms with Gasteiger partial charge in [-0.3, -0.25) is 0 Å². The van der Waals surface area contributed by atoms with E-state index in [9.17, 15) is 0 Å². The number of allylic oxidation sites excluding steroid dienone is 9. The molecule has 2 heteroatoms. The smallest absolute Gasteiger partial charge is 0.136 e. The van der Waals surface area contributed by atoms with Crippen molar-refractivity contribution < 1.29 is 4.42 Å². The molecular weight excluding hydrogens is 799 g/mol. The minimum Gasteiger partial charge on any atom is -0.456 e. The molecular formula is C64H43NO. The first-order chi connectivity index (χ1) is 32.8. The van der Waals surface area contributed by atoms with E-state index in [0.29, 0.717) is 0 Å². The molecule has 0 saturated heterocycles. The zero-order chi connectivity index (χ0) is 43.3. The SMILES string of the molecule is C1=CC2=C(c3ccc4c(c3)oc3cccc(C5=c6ccccc6=C(c6ccccc6)C6C=CC=CC56)c34)c3ccccc3C(c3ccc4c(c3)c3ccccc3n4-c3ccccc3)C2C=C1. The Labute approximate surface area is 383 Å². The topological polar surface area (TPSA) is 18.1 Å². The van der Waals surface area contributed by atoms with Crippen LogP contribution < -0.4 is 10.4 Å². The third kappa shape index (κ3) is 5.48. The summed E-state index contributed by atoms with van der Waals surface area (Å²) in [5, 5.41) is 7.47. The van der Waals surface area contributed by atoms with E-state index in [1.54, 1.807) is 0 Å².